The number of nitrogen functional groups attached to an aromatic ring is 1. The molecule has 0 saturated heterocycles. The predicted molar refractivity (Wildman–Crippen MR) is 50.9 cm³/mol. The lowest BCUT2D eigenvalue weighted by atomic mass is 10.4. The van der Waals surface area contributed by atoms with Gasteiger partial charge in [0, 0.05) is 12.4 Å². The van der Waals surface area contributed by atoms with Crippen LogP contribution in [0.5, 0.6) is 0 Å². The highest BCUT2D eigenvalue weighted by molar-refractivity contribution is 6.32. The minimum Gasteiger partial charge on any atom is -0.383 e. The van der Waals surface area contributed by atoms with Crippen LogP contribution in [0.4, 0.5) is 5.82 Å². The number of anilines is 1. The van der Waals surface area contributed by atoms with Crippen molar-refractivity contribution < 1.29 is 4.79 Å². The molecule has 0 fully saturated rings. The number of carbonyl (C=O) groups is 1. The van der Waals surface area contributed by atoms with Gasteiger partial charge in [0.05, 0.1) is 0 Å². The third-order valence-corrected chi connectivity index (χ3v) is 2.02. The molecule has 0 aliphatic heterocycles. The molecule has 0 aliphatic rings. The number of rotatable bonds is 1. The molecule has 72 valence electrons. The van der Waals surface area contributed by atoms with Gasteiger partial charge >= 0.3 is 0 Å². The van der Waals surface area contributed by atoms with E-state index in [1.807, 2.05) is 0 Å². The summed E-state index contributed by atoms with van der Waals surface area (Å²) in [5.74, 6) is -0.589. The number of fused-ring (bicyclic) bond motifs is 1. The maximum absolute atomic E-state index is 10.9. The van der Waals surface area contributed by atoms with Gasteiger partial charge in [-0.1, -0.05) is 11.6 Å². The molecule has 0 spiro atoms. The summed E-state index contributed by atoms with van der Waals surface area (Å²) >= 11 is 5.76. The summed E-state index contributed by atoms with van der Waals surface area (Å²) in [5.41, 5.74) is 11.0. The number of hydrogen-bond donors (Lipinski definition) is 2. The highest BCUT2D eigenvalue weighted by atomic mass is 35.5. The minimum atomic E-state index is -0.722. The highest BCUT2D eigenvalue weighted by Gasteiger charge is 2.14. The SMILES string of the molecule is NC(=O)c1nc(Cl)c2nccn2c1N. The van der Waals surface area contributed by atoms with Crippen molar-refractivity contribution >= 4 is 29.0 Å². The minimum absolute atomic E-state index is 0.0551. The Balaban J connectivity index is 2.88. The Hall–Kier alpha value is -1.82. The van der Waals surface area contributed by atoms with Crippen LogP contribution in [0.3, 0.4) is 0 Å². The topological polar surface area (TPSA) is 99.3 Å². The fraction of sp³-hybridized carbons (Fsp3) is 0. The maximum Gasteiger partial charge on any atom is 0.271 e. The van der Waals surface area contributed by atoms with Crippen LogP contribution < -0.4 is 11.5 Å². The van der Waals surface area contributed by atoms with Crippen molar-refractivity contribution in [1.29, 1.82) is 0 Å². The van der Waals surface area contributed by atoms with E-state index < -0.39 is 5.91 Å². The molecule has 4 N–H and O–H groups in total. The summed E-state index contributed by atoms with van der Waals surface area (Å²) in [6.45, 7) is 0. The molecule has 14 heavy (non-hydrogen) atoms. The molecule has 2 aromatic heterocycles. The van der Waals surface area contributed by atoms with E-state index in [9.17, 15) is 4.79 Å². The summed E-state index contributed by atoms with van der Waals surface area (Å²) in [6, 6.07) is 0. The zero-order valence-electron chi connectivity index (χ0n) is 6.94. The largest absolute Gasteiger partial charge is 0.383 e. The normalized spacial score (nSPS) is 10.6. The lowest BCUT2D eigenvalue weighted by Gasteiger charge is -2.04. The highest BCUT2D eigenvalue weighted by Crippen LogP contribution is 2.18. The first kappa shape index (κ1) is 8.76. The molecule has 0 aliphatic carbocycles. The predicted octanol–water partition coefficient (Wildman–Crippen LogP) is 0.0638. The summed E-state index contributed by atoms with van der Waals surface area (Å²) in [7, 11) is 0. The van der Waals surface area contributed by atoms with Gasteiger partial charge in [-0.05, 0) is 0 Å². The standard InChI is InChI=1S/C7H6ClN5O/c8-4-7-11-1-2-13(7)5(9)3(12-4)6(10)14/h1-2H,9H2,(H2,10,14). The Kier molecular flexibility index (Phi) is 1.78. The molecule has 0 aromatic carbocycles. The molecule has 2 heterocycles. The van der Waals surface area contributed by atoms with Crippen molar-refractivity contribution in [2.24, 2.45) is 5.73 Å². The first-order valence-corrected chi connectivity index (χ1v) is 4.07. The van der Waals surface area contributed by atoms with Crippen molar-refractivity contribution in [2.75, 3.05) is 5.73 Å². The Morgan fingerprint density at radius 2 is 2.29 bits per heavy atom. The third kappa shape index (κ3) is 1.08. The second kappa shape index (κ2) is 2.85. The van der Waals surface area contributed by atoms with Crippen LogP contribution in [-0.4, -0.2) is 20.3 Å². The van der Waals surface area contributed by atoms with Gasteiger partial charge in [-0.3, -0.25) is 9.20 Å². The van der Waals surface area contributed by atoms with Gasteiger partial charge in [0.2, 0.25) is 0 Å². The number of nitrogens with two attached hydrogens (primary N) is 2. The van der Waals surface area contributed by atoms with Gasteiger partial charge < -0.3 is 11.5 Å². The molecule has 1 amide bonds. The van der Waals surface area contributed by atoms with Crippen molar-refractivity contribution in [3.63, 3.8) is 0 Å². The van der Waals surface area contributed by atoms with Gasteiger partial charge in [-0.15, -0.1) is 0 Å². The molecular weight excluding hydrogens is 206 g/mol. The van der Waals surface area contributed by atoms with E-state index in [1.54, 1.807) is 6.20 Å². The van der Waals surface area contributed by atoms with Crippen molar-refractivity contribution in [3.05, 3.63) is 23.2 Å². The molecule has 0 bridgehead atoms. The number of hydrogen-bond acceptors (Lipinski definition) is 4. The van der Waals surface area contributed by atoms with Crippen LogP contribution in [0.25, 0.3) is 5.65 Å². The van der Waals surface area contributed by atoms with E-state index in [4.69, 9.17) is 23.1 Å². The molecule has 2 aromatic rings. The number of primary amides is 1. The maximum atomic E-state index is 10.9. The average molecular weight is 212 g/mol. The first-order valence-electron chi connectivity index (χ1n) is 3.69. The molecular formula is C7H6ClN5O. The van der Waals surface area contributed by atoms with Crippen LogP contribution in [0, 0.1) is 0 Å². The molecule has 6 nitrogen and oxygen atoms in total. The number of carbonyl (C=O) groups excluding carboxylic acids is 1. The van der Waals surface area contributed by atoms with Gasteiger partial charge in [0.15, 0.2) is 16.5 Å². The molecule has 0 atom stereocenters. The second-order valence-electron chi connectivity index (χ2n) is 2.62. The first-order chi connectivity index (χ1) is 6.61. The van der Waals surface area contributed by atoms with E-state index in [0.717, 1.165) is 0 Å². The summed E-state index contributed by atoms with van der Waals surface area (Å²) in [6.07, 6.45) is 3.08. The lowest BCUT2D eigenvalue weighted by molar-refractivity contribution is 0.0996. The monoisotopic (exact) mass is 211 g/mol. The third-order valence-electron chi connectivity index (χ3n) is 1.77. The van der Waals surface area contributed by atoms with Crippen LogP contribution >= 0.6 is 11.6 Å². The van der Waals surface area contributed by atoms with Crippen molar-refractivity contribution in [1.82, 2.24) is 14.4 Å². The Morgan fingerprint density at radius 3 is 2.93 bits per heavy atom. The van der Waals surface area contributed by atoms with E-state index in [1.165, 1.54) is 10.6 Å². The number of aromatic nitrogens is 3. The van der Waals surface area contributed by atoms with Crippen molar-refractivity contribution in [2.45, 2.75) is 0 Å². The molecule has 7 heteroatoms. The zero-order chi connectivity index (χ0) is 10.3. The van der Waals surface area contributed by atoms with Crippen LogP contribution in [-0.2, 0) is 0 Å². The van der Waals surface area contributed by atoms with Crippen LogP contribution in [0.1, 0.15) is 10.5 Å². The van der Waals surface area contributed by atoms with E-state index in [0.29, 0.717) is 5.65 Å². The van der Waals surface area contributed by atoms with E-state index >= 15 is 0 Å². The van der Waals surface area contributed by atoms with Crippen LogP contribution in [0.2, 0.25) is 5.15 Å². The van der Waals surface area contributed by atoms with Gasteiger partial charge in [-0.25, -0.2) is 9.97 Å². The molecule has 2 rings (SSSR count). The second-order valence-corrected chi connectivity index (χ2v) is 2.98. The summed E-state index contributed by atoms with van der Waals surface area (Å²) in [4.78, 5) is 18.6. The smallest absolute Gasteiger partial charge is 0.271 e. The molecule has 0 radical (unpaired) electrons. The van der Waals surface area contributed by atoms with Gasteiger partial charge in [0.25, 0.3) is 5.91 Å². The van der Waals surface area contributed by atoms with E-state index in [-0.39, 0.29) is 16.7 Å². The fourth-order valence-corrected chi connectivity index (χ4v) is 1.38. The Labute approximate surface area is 83.5 Å². The zero-order valence-corrected chi connectivity index (χ0v) is 7.69. The average Bonchev–Trinajstić information content (AvgIpc) is 2.59. The van der Waals surface area contributed by atoms with Crippen LogP contribution in [0.15, 0.2) is 12.4 Å². The number of nitrogens with zero attached hydrogens (tertiary/aromatic N) is 3. The van der Waals surface area contributed by atoms with Crippen molar-refractivity contribution in [3.8, 4) is 0 Å². The Morgan fingerprint density at radius 1 is 1.57 bits per heavy atom. The molecule has 0 saturated carbocycles. The van der Waals surface area contributed by atoms with E-state index in [2.05, 4.69) is 9.97 Å². The Bertz CT molecular complexity index is 520. The summed E-state index contributed by atoms with van der Waals surface area (Å²) < 4.78 is 1.45. The quantitative estimate of drug-likeness (QED) is 0.697. The fourth-order valence-electron chi connectivity index (χ4n) is 1.15. The summed E-state index contributed by atoms with van der Waals surface area (Å²) in [5, 5.41) is 0.0954. The lowest BCUT2D eigenvalue weighted by Crippen LogP contribution is -2.18. The molecule has 0 unspecified atom stereocenters. The number of amides is 1. The number of imidazole rings is 1. The number of halogens is 1. The van der Waals surface area contributed by atoms with Gasteiger partial charge in [-0.2, -0.15) is 0 Å². The van der Waals surface area contributed by atoms with Gasteiger partial charge in [0.1, 0.15) is 5.82 Å².